The van der Waals surface area contributed by atoms with E-state index in [9.17, 15) is 35.4 Å². The Hall–Kier alpha value is -0.850. The van der Waals surface area contributed by atoms with E-state index in [2.05, 4.69) is 19.2 Å². The molecule has 0 aromatic carbocycles. The second-order valence-electron chi connectivity index (χ2n) is 23.1. The van der Waals surface area contributed by atoms with Gasteiger partial charge in [-0.15, -0.1) is 0 Å². The van der Waals surface area contributed by atoms with E-state index in [-0.39, 0.29) is 6.61 Å². The summed E-state index contributed by atoms with van der Waals surface area (Å²) in [5.41, 5.74) is 0. The van der Waals surface area contributed by atoms with Crippen LogP contribution in [0.25, 0.3) is 0 Å². The lowest BCUT2D eigenvalue weighted by Gasteiger charge is -2.40. The summed E-state index contributed by atoms with van der Waals surface area (Å²) in [6, 6.07) is -0.889. The van der Waals surface area contributed by atoms with Gasteiger partial charge in [0.25, 0.3) is 0 Å². The molecule has 1 aliphatic rings. The number of rotatable bonds is 57. The van der Waals surface area contributed by atoms with Crippen molar-refractivity contribution in [1.29, 1.82) is 0 Å². The van der Waals surface area contributed by atoms with Crippen LogP contribution in [0.15, 0.2) is 0 Å². The maximum absolute atomic E-state index is 13.1. The number of amides is 1. The first-order valence-corrected chi connectivity index (χ1v) is 32.3. The maximum Gasteiger partial charge on any atom is 0.249 e. The molecule has 0 aromatic heterocycles. The van der Waals surface area contributed by atoms with Gasteiger partial charge in [-0.3, -0.25) is 4.79 Å². The fourth-order valence-corrected chi connectivity index (χ4v) is 10.9. The highest BCUT2D eigenvalue weighted by Crippen LogP contribution is 2.24. The summed E-state index contributed by atoms with van der Waals surface area (Å²) in [4.78, 5) is 13.1. The molecule has 1 aliphatic heterocycles. The predicted octanol–water partition coefficient (Wildman–Crippen LogP) is 15.6. The standard InChI is InChI=1S/C63H125NO9/c1-3-5-7-9-11-13-15-17-18-19-20-21-22-23-24-25-26-27-28-29-30-31-32-33-34-35-36-37-38-39-40-42-44-46-48-50-52-57(67)62(71)64-55(54-72-63-61(70)60(69)59(68)58(53-65)73-63)56(66)51-49-47-45-43-41-16-14-12-10-8-6-4-2/h55-61,63,65-70H,3-54H2,1-2H3,(H,64,71). The highest BCUT2D eigenvalue weighted by atomic mass is 16.7. The number of ether oxygens (including phenoxy) is 2. The minimum Gasteiger partial charge on any atom is -0.394 e. The van der Waals surface area contributed by atoms with Crippen molar-refractivity contribution in [1.82, 2.24) is 5.32 Å². The minimum atomic E-state index is -1.59. The summed E-state index contributed by atoms with van der Waals surface area (Å²) in [5.74, 6) is -0.576. The summed E-state index contributed by atoms with van der Waals surface area (Å²) < 4.78 is 11.2. The second-order valence-corrected chi connectivity index (χ2v) is 23.1. The molecule has 0 radical (unpaired) electrons. The number of hydrogen-bond donors (Lipinski definition) is 7. The van der Waals surface area contributed by atoms with Crippen LogP contribution in [0.3, 0.4) is 0 Å². The fourth-order valence-electron chi connectivity index (χ4n) is 10.9. The first-order valence-electron chi connectivity index (χ1n) is 32.3. The number of nitrogens with one attached hydrogen (secondary N) is 1. The predicted molar refractivity (Wildman–Crippen MR) is 306 cm³/mol. The van der Waals surface area contributed by atoms with E-state index in [4.69, 9.17) is 9.47 Å². The zero-order valence-electron chi connectivity index (χ0n) is 48.3. The van der Waals surface area contributed by atoms with Crippen LogP contribution in [-0.4, -0.2) is 98.7 Å². The van der Waals surface area contributed by atoms with Crippen molar-refractivity contribution in [2.75, 3.05) is 13.2 Å². The Balaban J connectivity index is 2.04. The largest absolute Gasteiger partial charge is 0.394 e. The van der Waals surface area contributed by atoms with Crippen LogP contribution >= 0.6 is 0 Å². The first-order chi connectivity index (χ1) is 35.8. The number of aliphatic hydroxyl groups excluding tert-OH is 6. The summed E-state index contributed by atoms with van der Waals surface area (Å²) in [6.45, 7) is 3.71. The van der Waals surface area contributed by atoms with Gasteiger partial charge in [0.2, 0.25) is 5.91 Å². The van der Waals surface area contributed by atoms with Crippen LogP contribution < -0.4 is 5.32 Å². The van der Waals surface area contributed by atoms with Crippen molar-refractivity contribution in [2.24, 2.45) is 0 Å². The molecule has 0 spiro atoms. The summed E-state index contributed by atoms with van der Waals surface area (Å²) in [7, 11) is 0. The number of carbonyl (C=O) groups is 1. The molecule has 1 saturated heterocycles. The average molecular weight is 1040 g/mol. The van der Waals surface area contributed by atoms with E-state index in [0.717, 1.165) is 44.9 Å². The molecule has 0 aliphatic carbocycles. The van der Waals surface area contributed by atoms with E-state index in [1.54, 1.807) is 0 Å². The van der Waals surface area contributed by atoms with Crippen molar-refractivity contribution in [3.05, 3.63) is 0 Å². The lowest BCUT2D eigenvalue weighted by Crippen LogP contribution is -2.60. The van der Waals surface area contributed by atoms with Crippen LogP contribution in [-0.2, 0) is 14.3 Å². The van der Waals surface area contributed by atoms with Crippen LogP contribution in [0, 0.1) is 0 Å². The van der Waals surface area contributed by atoms with Crippen molar-refractivity contribution in [3.8, 4) is 0 Å². The molecule has 0 bridgehead atoms. The smallest absolute Gasteiger partial charge is 0.249 e. The molecule has 436 valence electrons. The zero-order valence-corrected chi connectivity index (χ0v) is 48.3. The Kier molecular flexibility index (Phi) is 51.1. The van der Waals surface area contributed by atoms with Crippen LogP contribution in [0.1, 0.15) is 335 Å². The van der Waals surface area contributed by atoms with Gasteiger partial charge in [-0.1, -0.05) is 322 Å². The van der Waals surface area contributed by atoms with Crippen LogP contribution in [0.5, 0.6) is 0 Å². The lowest BCUT2D eigenvalue weighted by molar-refractivity contribution is -0.302. The minimum absolute atomic E-state index is 0.250. The summed E-state index contributed by atoms with van der Waals surface area (Å²) >= 11 is 0. The van der Waals surface area contributed by atoms with E-state index in [1.807, 2.05) is 0 Å². The zero-order chi connectivity index (χ0) is 53.1. The quantitative estimate of drug-likeness (QED) is 0.0293. The van der Waals surface area contributed by atoms with Gasteiger partial charge >= 0.3 is 0 Å². The molecule has 8 unspecified atom stereocenters. The van der Waals surface area contributed by atoms with E-state index in [0.29, 0.717) is 12.8 Å². The van der Waals surface area contributed by atoms with Crippen LogP contribution in [0.4, 0.5) is 0 Å². The maximum atomic E-state index is 13.1. The third-order valence-electron chi connectivity index (χ3n) is 16.1. The van der Waals surface area contributed by atoms with E-state index >= 15 is 0 Å². The monoisotopic (exact) mass is 1040 g/mol. The summed E-state index contributed by atoms with van der Waals surface area (Å²) in [5, 5.41) is 65.2. The van der Waals surface area contributed by atoms with Crippen molar-refractivity contribution < 1.29 is 44.9 Å². The lowest BCUT2D eigenvalue weighted by atomic mass is 9.99. The molecule has 1 rings (SSSR count). The fraction of sp³-hybridized carbons (Fsp3) is 0.984. The molecular formula is C63H125NO9. The van der Waals surface area contributed by atoms with Gasteiger partial charge in [0, 0.05) is 0 Å². The van der Waals surface area contributed by atoms with Gasteiger partial charge in [0.05, 0.1) is 25.4 Å². The molecule has 0 saturated carbocycles. The van der Waals surface area contributed by atoms with Gasteiger partial charge in [-0.25, -0.2) is 0 Å². The normalized spacial score (nSPS) is 19.4. The molecule has 10 heteroatoms. The van der Waals surface area contributed by atoms with Crippen molar-refractivity contribution >= 4 is 5.91 Å². The van der Waals surface area contributed by atoms with Crippen molar-refractivity contribution in [3.63, 3.8) is 0 Å². The molecule has 0 aromatic rings. The topological polar surface area (TPSA) is 169 Å². The van der Waals surface area contributed by atoms with Gasteiger partial charge < -0.3 is 45.4 Å². The molecule has 1 heterocycles. The Bertz CT molecular complexity index is 1130. The molecule has 73 heavy (non-hydrogen) atoms. The van der Waals surface area contributed by atoms with Gasteiger partial charge in [0.1, 0.15) is 30.5 Å². The Morgan fingerprint density at radius 3 is 0.973 bits per heavy atom. The molecular weight excluding hydrogens is 915 g/mol. The van der Waals surface area contributed by atoms with E-state index < -0.39 is 61.5 Å². The Morgan fingerprint density at radius 1 is 0.411 bits per heavy atom. The van der Waals surface area contributed by atoms with Gasteiger partial charge in [0.15, 0.2) is 6.29 Å². The molecule has 7 N–H and O–H groups in total. The first kappa shape index (κ1) is 70.2. The number of carbonyl (C=O) groups excluding carboxylic acids is 1. The number of aliphatic hydroxyl groups is 6. The average Bonchev–Trinajstić information content (AvgIpc) is 3.39. The van der Waals surface area contributed by atoms with Crippen molar-refractivity contribution in [2.45, 2.75) is 384 Å². The molecule has 8 atom stereocenters. The Labute approximate surface area is 451 Å². The molecule has 1 fully saturated rings. The Morgan fingerprint density at radius 2 is 0.685 bits per heavy atom. The number of unbranched alkanes of at least 4 members (excludes halogenated alkanes) is 46. The third-order valence-corrected chi connectivity index (χ3v) is 16.1. The van der Waals surface area contributed by atoms with E-state index in [1.165, 1.54) is 263 Å². The second kappa shape index (κ2) is 53.2. The highest BCUT2D eigenvalue weighted by molar-refractivity contribution is 5.80. The van der Waals surface area contributed by atoms with Gasteiger partial charge in [-0.2, -0.15) is 0 Å². The molecule has 10 nitrogen and oxygen atoms in total. The molecule has 1 amide bonds. The third kappa shape index (κ3) is 41.9. The number of hydrogen-bond acceptors (Lipinski definition) is 9. The SMILES string of the molecule is CCCCCCCCCCCCCCCCCCCCCCCCCCCCCCCCCCCCCCC(O)C(=O)NC(COC1OC(CO)C(O)C(O)C1O)C(O)CCCCCCCCCCCCCC. The van der Waals surface area contributed by atoms with Crippen LogP contribution in [0.2, 0.25) is 0 Å². The highest BCUT2D eigenvalue weighted by Gasteiger charge is 2.44. The van der Waals surface area contributed by atoms with Gasteiger partial charge in [-0.05, 0) is 12.8 Å². The summed E-state index contributed by atoms with van der Waals surface area (Å²) in [6.07, 6.45) is 55.1.